The van der Waals surface area contributed by atoms with Gasteiger partial charge in [-0.05, 0) is 31.5 Å². The first-order chi connectivity index (χ1) is 8.63. The summed E-state index contributed by atoms with van der Waals surface area (Å²) in [5, 5.41) is 8.91. The molecule has 0 fully saturated rings. The number of hydrogen-bond donors (Lipinski definition) is 1. The Hall–Kier alpha value is -1.11. The van der Waals surface area contributed by atoms with Gasteiger partial charge in [-0.25, -0.2) is 4.57 Å². The second kappa shape index (κ2) is 7.35. The summed E-state index contributed by atoms with van der Waals surface area (Å²) in [6, 6.07) is 7.02. The summed E-state index contributed by atoms with van der Waals surface area (Å²) in [5.41, 5.74) is 4.06. The molecule has 0 aliphatic heterocycles. The Kier molecular flexibility index (Phi) is 6.11. The van der Waals surface area contributed by atoms with Gasteiger partial charge in [0, 0.05) is 11.2 Å². The minimum atomic E-state index is -3.31. The first-order valence-electron chi connectivity index (χ1n) is 5.75. The third kappa shape index (κ3) is 4.64. The van der Waals surface area contributed by atoms with Crippen molar-refractivity contribution in [2.75, 3.05) is 13.2 Å². The SMILES string of the molecule is CCOP(=O)(C#Cc1ccc(CO)cc1)OCC. The average molecular weight is 268 g/mol. The van der Waals surface area contributed by atoms with Crippen molar-refractivity contribution in [2.24, 2.45) is 0 Å². The van der Waals surface area contributed by atoms with Gasteiger partial charge in [0.2, 0.25) is 0 Å². The molecule has 0 bridgehead atoms. The summed E-state index contributed by atoms with van der Waals surface area (Å²) in [6.45, 7) is 4.04. The minimum absolute atomic E-state index is 0.00983. The molecule has 18 heavy (non-hydrogen) atoms. The molecule has 0 unspecified atom stereocenters. The van der Waals surface area contributed by atoms with Crippen molar-refractivity contribution in [3.63, 3.8) is 0 Å². The Labute approximate surface area is 107 Å². The fraction of sp³-hybridized carbons (Fsp3) is 0.385. The van der Waals surface area contributed by atoms with Crippen LogP contribution in [0.1, 0.15) is 25.0 Å². The molecule has 1 aromatic carbocycles. The molecule has 0 amide bonds. The highest BCUT2D eigenvalue weighted by atomic mass is 31.2. The topological polar surface area (TPSA) is 55.8 Å². The number of aliphatic hydroxyl groups is 1. The van der Waals surface area contributed by atoms with Crippen LogP contribution in [0.3, 0.4) is 0 Å². The minimum Gasteiger partial charge on any atom is -0.392 e. The van der Waals surface area contributed by atoms with E-state index in [0.29, 0.717) is 5.56 Å². The van der Waals surface area contributed by atoms with Gasteiger partial charge in [-0.2, -0.15) is 0 Å². The molecule has 4 nitrogen and oxygen atoms in total. The molecule has 1 N–H and O–H groups in total. The van der Waals surface area contributed by atoms with Crippen molar-refractivity contribution in [1.29, 1.82) is 0 Å². The molecule has 0 aromatic heterocycles. The maximum absolute atomic E-state index is 12.1. The van der Waals surface area contributed by atoms with Gasteiger partial charge >= 0.3 is 7.60 Å². The van der Waals surface area contributed by atoms with Crippen molar-refractivity contribution < 1.29 is 18.7 Å². The molecule has 98 valence electrons. The monoisotopic (exact) mass is 268 g/mol. The molecule has 0 saturated carbocycles. The van der Waals surface area contributed by atoms with E-state index >= 15 is 0 Å². The largest absolute Gasteiger partial charge is 0.405 e. The smallest absolute Gasteiger partial charge is 0.392 e. The van der Waals surface area contributed by atoms with Crippen molar-refractivity contribution in [3.05, 3.63) is 35.4 Å². The molecular weight excluding hydrogens is 251 g/mol. The molecule has 0 aliphatic carbocycles. The van der Waals surface area contributed by atoms with Crippen LogP contribution in [-0.2, 0) is 20.2 Å². The van der Waals surface area contributed by atoms with Gasteiger partial charge in [0.1, 0.15) is 0 Å². The van der Waals surface area contributed by atoms with Crippen molar-refractivity contribution in [1.82, 2.24) is 0 Å². The highest BCUT2D eigenvalue weighted by Gasteiger charge is 2.19. The van der Waals surface area contributed by atoms with E-state index in [1.807, 2.05) is 0 Å². The third-order valence-corrected chi connectivity index (χ3v) is 3.65. The van der Waals surface area contributed by atoms with Crippen LogP contribution in [0.2, 0.25) is 0 Å². The number of hydrogen-bond acceptors (Lipinski definition) is 4. The molecule has 0 radical (unpaired) electrons. The second-order valence-corrected chi connectivity index (χ2v) is 5.16. The van der Waals surface area contributed by atoms with Crippen LogP contribution in [-0.4, -0.2) is 18.3 Å². The van der Waals surface area contributed by atoms with Gasteiger partial charge in [-0.3, -0.25) is 9.05 Å². The Morgan fingerprint density at radius 3 is 2.17 bits per heavy atom. The standard InChI is InChI=1S/C13H17O4P/c1-3-16-18(15,17-4-2)10-9-12-5-7-13(11-14)8-6-12/h5-8,14H,3-4,11H2,1-2H3. The fourth-order valence-electron chi connectivity index (χ4n) is 1.27. The van der Waals surface area contributed by atoms with Crippen molar-refractivity contribution >= 4 is 7.60 Å². The van der Waals surface area contributed by atoms with Crippen molar-refractivity contribution in [3.8, 4) is 11.6 Å². The van der Waals surface area contributed by atoms with Gasteiger partial charge in [-0.15, -0.1) is 0 Å². The molecule has 1 aromatic rings. The van der Waals surface area contributed by atoms with E-state index in [1.54, 1.807) is 38.1 Å². The first-order valence-corrected chi connectivity index (χ1v) is 7.30. The summed E-state index contributed by atoms with van der Waals surface area (Å²) in [6.07, 6.45) is 0. The molecule has 0 saturated heterocycles. The number of benzene rings is 1. The maximum atomic E-state index is 12.1. The maximum Gasteiger partial charge on any atom is 0.405 e. The molecule has 0 atom stereocenters. The summed E-state index contributed by atoms with van der Waals surface area (Å²) in [5.74, 6) is 2.76. The molecule has 1 rings (SSSR count). The lowest BCUT2D eigenvalue weighted by Gasteiger charge is -2.09. The highest BCUT2D eigenvalue weighted by Crippen LogP contribution is 2.46. The molecule has 0 aliphatic rings. The number of aliphatic hydroxyl groups excluding tert-OH is 1. The van der Waals surface area contributed by atoms with Crippen LogP contribution in [0.25, 0.3) is 0 Å². The predicted molar refractivity (Wildman–Crippen MR) is 70.1 cm³/mol. The van der Waals surface area contributed by atoms with E-state index in [0.717, 1.165) is 5.56 Å². The van der Waals surface area contributed by atoms with Gasteiger partial charge in [-0.1, -0.05) is 18.1 Å². The molecule has 0 heterocycles. The lowest BCUT2D eigenvalue weighted by atomic mass is 10.1. The summed E-state index contributed by atoms with van der Waals surface area (Å²) < 4.78 is 22.2. The Morgan fingerprint density at radius 1 is 1.17 bits per heavy atom. The van der Waals surface area contributed by atoms with E-state index in [9.17, 15) is 4.57 Å². The van der Waals surface area contributed by atoms with E-state index < -0.39 is 7.60 Å². The van der Waals surface area contributed by atoms with E-state index in [2.05, 4.69) is 11.6 Å². The molecular formula is C13H17O4P. The Balaban J connectivity index is 2.86. The zero-order valence-electron chi connectivity index (χ0n) is 10.5. The summed E-state index contributed by atoms with van der Waals surface area (Å²) in [4.78, 5) is 0. The second-order valence-electron chi connectivity index (χ2n) is 3.42. The Bertz CT molecular complexity index is 460. The lowest BCUT2D eigenvalue weighted by Crippen LogP contribution is -1.93. The fourth-order valence-corrected chi connectivity index (χ4v) is 2.42. The van der Waals surface area contributed by atoms with E-state index in [4.69, 9.17) is 14.2 Å². The van der Waals surface area contributed by atoms with Gasteiger partial charge < -0.3 is 5.11 Å². The quantitative estimate of drug-likeness (QED) is 0.659. The van der Waals surface area contributed by atoms with Crippen molar-refractivity contribution in [2.45, 2.75) is 20.5 Å². The predicted octanol–water partition coefficient (Wildman–Crippen LogP) is 2.75. The van der Waals surface area contributed by atoms with Crippen LogP contribution in [0.5, 0.6) is 0 Å². The van der Waals surface area contributed by atoms with Crippen LogP contribution in [0.4, 0.5) is 0 Å². The van der Waals surface area contributed by atoms with Crippen LogP contribution in [0, 0.1) is 11.6 Å². The normalized spacial score (nSPS) is 10.8. The first kappa shape index (κ1) is 14.9. The lowest BCUT2D eigenvalue weighted by molar-refractivity contribution is 0.230. The highest BCUT2D eigenvalue weighted by molar-refractivity contribution is 7.59. The Morgan fingerprint density at radius 2 is 1.72 bits per heavy atom. The van der Waals surface area contributed by atoms with E-state index in [1.165, 1.54) is 0 Å². The van der Waals surface area contributed by atoms with E-state index in [-0.39, 0.29) is 19.8 Å². The number of rotatable bonds is 5. The van der Waals surface area contributed by atoms with Crippen LogP contribution in [0.15, 0.2) is 24.3 Å². The van der Waals surface area contributed by atoms with Gasteiger partial charge in [0.15, 0.2) is 0 Å². The summed E-state index contributed by atoms with van der Waals surface area (Å²) in [7, 11) is -3.31. The molecule has 5 heteroatoms. The summed E-state index contributed by atoms with van der Waals surface area (Å²) >= 11 is 0. The van der Waals surface area contributed by atoms with Gasteiger partial charge in [0.25, 0.3) is 0 Å². The average Bonchev–Trinajstić information content (AvgIpc) is 2.38. The van der Waals surface area contributed by atoms with Crippen LogP contribution >= 0.6 is 7.60 Å². The van der Waals surface area contributed by atoms with Crippen LogP contribution < -0.4 is 0 Å². The molecule has 0 spiro atoms. The zero-order chi connectivity index (χ0) is 13.4. The third-order valence-electron chi connectivity index (χ3n) is 2.07. The van der Waals surface area contributed by atoms with Gasteiger partial charge in [0.05, 0.1) is 19.8 Å². The zero-order valence-corrected chi connectivity index (χ0v) is 11.4.